The summed E-state index contributed by atoms with van der Waals surface area (Å²) in [7, 11) is 0. The average Bonchev–Trinajstić information content (AvgIpc) is 2.31. The van der Waals surface area contributed by atoms with Crippen LogP contribution in [0.4, 0.5) is 0 Å². The van der Waals surface area contributed by atoms with Crippen LogP contribution >= 0.6 is 0 Å². The molecular weight excluding hydrogens is 124 g/mol. The molecule has 0 bridgehead atoms. The van der Waals surface area contributed by atoms with Crippen molar-refractivity contribution in [3.8, 4) is 0 Å². The van der Waals surface area contributed by atoms with Gasteiger partial charge in [0.2, 0.25) is 0 Å². The van der Waals surface area contributed by atoms with Crippen LogP contribution in [-0.2, 0) is 4.79 Å². The maximum atomic E-state index is 11.0. The van der Waals surface area contributed by atoms with Crippen molar-refractivity contribution >= 4 is 5.78 Å². The summed E-state index contributed by atoms with van der Waals surface area (Å²) in [6, 6.07) is 0. The summed E-state index contributed by atoms with van der Waals surface area (Å²) in [5.41, 5.74) is 0. The lowest BCUT2D eigenvalue weighted by atomic mass is 10.0. The van der Waals surface area contributed by atoms with E-state index >= 15 is 0 Å². The number of hydrogen-bond donors (Lipinski definition) is 0. The molecule has 0 N–H and O–H groups in total. The molecular formula is C9H14O. The molecule has 1 aliphatic rings. The minimum absolute atomic E-state index is 0.373. The highest BCUT2D eigenvalue weighted by molar-refractivity contribution is 5.82. The highest BCUT2D eigenvalue weighted by atomic mass is 16.1. The quantitative estimate of drug-likeness (QED) is 0.547. The van der Waals surface area contributed by atoms with E-state index in [4.69, 9.17) is 0 Å². The van der Waals surface area contributed by atoms with E-state index in [9.17, 15) is 4.79 Å². The van der Waals surface area contributed by atoms with Crippen LogP contribution in [0.25, 0.3) is 0 Å². The molecule has 0 saturated heterocycles. The number of hydrogen-bond acceptors (Lipinski definition) is 1. The van der Waals surface area contributed by atoms with Crippen LogP contribution in [0.3, 0.4) is 0 Å². The van der Waals surface area contributed by atoms with Crippen LogP contribution in [0.15, 0.2) is 12.7 Å². The zero-order valence-corrected chi connectivity index (χ0v) is 6.31. The van der Waals surface area contributed by atoms with Gasteiger partial charge in [-0.1, -0.05) is 6.08 Å². The molecule has 0 amide bonds. The normalized spacial score (nSPS) is 25.2. The largest absolute Gasteiger partial charge is 0.299 e. The van der Waals surface area contributed by atoms with Crippen molar-refractivity contribution < 1.29 is 4.79 Å². The van der Waals surface area contributed by atoms with Gasteiger partial charge in [0.25, 0.3) is 0 Å². The number of ketones is 1. The summed E-state index contributed by atoms with van der Waals surface area (Å²) < 4.78 is 0. The summed E-state index contributed by atoms with van der Waals surface area (Å²) in [5.74, 6) is 0.847. The molecule has 0 aromatic carbocycles. The zero-order chi connectivity index (χ0) is 7.40. The van der Waals surface area contributed by atoms with Crippen molar-refractivity contribution in [3.05, 3.63) is 12.7 Å². The molecule has 56 valence electrons. The fraction of sp³-hybridized carbons (Fsp3) is 0.667. The fourth-order valence-electron chi connectivity index (χ4n) is 1.51. The van der Waals surface area contributed by atoms with Gasteiger partial charge in [0, 0.05) is 12.3 Å². The maximum Gasteiger partial charge on any atom is 0.135 e. The predicted molar refractivity (Wildman–Crippen MR) is 41.8 cm³/mol. The number of Topliss-reactive ketones (excluding diaryl/α,β-unsaturated/α-hetero) is 1. The Morgan fingerprint density at radius 3 is 3.00 bits per heavy atom. The Morgan fingerprint density at radius 1 is 1.70 bits per heavy atom. The summed E-state index contributed by atoms with van der Waals surface area (Å²) >= 11 is 0. The molecule has 10 heavy (non-hydrogen) atoms. The van der Waals surface area contributed by atoms with Crippen LogP contribution < -0.4 is 0 Å². The topological polar surface area (TPSA) is 17.1 Å². The van der Waals surface area contributed by atoms with E-state index in [0.29, 0.717) is 11.7 Å². The molecule has 0 aromatic rings. The van der Waals surface area contributed by atoms with Crippen molar-refractivity contribution in [3.63, 3.8) is 0 Å². The summed E-state index contributed by atoms with van der Waals surface area (Å²) in [4.78, 5) is 11.0. The van der Waals surface area contributed by atoms with E-state index < -0.39 is 0 Å². The van der Waals surface area contributed by atoms with E-state index in [-0.39, 0.29) is 0 Å². The highest BCUT2D eigenvalue weighted by Crippen LogP contribution is 2.25. The first kappa shape index (κ1) is 7.52. The third-order valence-corrected chi connectivity index (χ3v) is 2.15. The Balaban J connectivity index is 2.26. The minimum atomic E-state index is 0.373. The third kappa shape index (κ3) is 1.69. The molecule has 0 spiro atoms. The van der Waals surface area contributed by atoms with Gasteiger partial charge in [0.05, 0.1) is 0 Å². The van der Waals surface area contributed by atoms with E-state index in [1.165, 1.54) is 0 Å². The molecule has 0 radical (unpaired) electrons. The number of carbonyl (C=O) groups is 1. The van der Waals surface area contributed by atoms with Crippen molar-refractivity contribution in [1.82, 2.24) is 0 Å². The van der Waals surface area contributed by atoms with Crippen molar-refractivity contribution in [1.29, 1.82) is 0 Å². The number of rotatable bonds is 3. The second-order valence-corrected chi connectivity index (χ2v) is 2.92. The van der Waals surface area contributed by atoms with E-state index in [1.807, 2.05) is 6.08 Å². The first-order valence-electron chi connectivity index (χ1n) is 3.98. The second kappa shape index (κ2) is 3.55. The summed E-state index contributed by atoms with van der Waals surface area (Å²) in [6.45, 7) is 3.64. The lowest BCUT2D eigenvalue weighted by molar-refractivity contribution is -0.120. The Labute approximate surface area is 62.1 Å². The lowest BCUT2D eigenvalue weighted by Gasteiger charge is -2.03. The van der Waals surface area contributed by atoms with Crippen molar-refractivity contribution in [2.45, 2.75) is 32.1 Å². The van der Waals surface area contributed by atoms with Crippen LogP contribution in [-0.4, -0.2) is 5.78 Å². The first-order chi connectivity index (χ1) is 4.84. The van der Waals surface area contributed by atoms with Crippen LogP contribution in [0.1, 0.15) is 32.1 Å². The second-order valence-electron chi connectivity index (χ2n) is 2.92. The molecule has 0 heterocycles. The maximum absolute atomic E-state index is 11.0. The van der Waals surface area contributed by atoms with Crippen molar-refractivity contribution in [2.75, 3.05) is 0 Å². The Bertz CT molecular complexity index is 138. The van der Waals surface area contributed by atoms with Gasteiger partial charge in [0.15, 0.2) is 0 Å². The van der Waals surface area contributed by atoms with Gasteiger partial charge < -0.3 is 0 Å². The predicted octanol–water partition coefficient (Wildman–Crippen LogP) is 2.32. The fourth-order valence-corrected chi connectivity index (χ4v) is 1.51. The number of carbonyl (C=O) groups excluding carboxylic acids is 1. The molecule has 1 heteroatoms. The SMILES string of the molecule is C=CCCC1CCCC1=O. The molecule has 1 saturated carbocycles. The Kier molecular flexibility index (Phi) is 2.67. The highest BCUT2D eigenvalue weighted by Gasteiger charge is 2.22. The molecule has 1 atom stereocenters. The van der Waals surface area contributed by atoms with Gasteiger partial charge in [-0.05, 0) is 25.7 Å². The van der Waals surface area contributed by atoms with E-state index in [0.717, 1.165) is 32.1 Å². The molecule has 1 fully saturated rings. The van der Waals surface area contributed by atoms with E-state index in [2.05, 4.69) is 6.58 Å². The van der Waals surface area contributed by atoms with Gasteiger partial charge in [-0.15, -0.1) is 6.58 Å². The minimum Gasteiger partial charge on any atom is -0.299 e. The monoisotopic (exact) mass is 138 g/mol. The van der Waals surface area contributed by atoms with E-state index in [1.54, 1.807) is 0 Å². The molecule has 1 nitrogen and oxygen atoms in total. The van der Waals surface area contributed by atoms with Crippen LogP contribution in [0, 0.1) is 5.92 Å². The first-order valence-corrected chi connectivity index (χ1v) is 3.98. The summed E-state index contributed by atoms with van der Waals surface area (Å²) in [5, 5.41) is 0. The molecule has 1 aliphatic carbocycles. The molecule has 1 unspecified atom stereocenters. The third-order valence-electron chi connectivity index (χ3n) is 2.15. The lowest BCUT2D eigenvalue weighted by Crippen LogP contribution is -2.04. The van der Waals surface area contributed by atoms with Crippen LogP contribution in [0.5, 0.6) is 0 Å². The van der Waals surface area contributed by atoms with Gasteiger partial charge in [0.1, 0.15) is 5.78 Å². The average molecular weight is 138 g/mol. The molecule has 0 aromatic heterocycles. The van der Waals surface area contributed by atoms with Gasteiger partial charge in [-0.2, -0.15) is 0 Å². The Morgan fingerprint density at radius 2 is 2.50 bits per heavy atom. The zero-order valence-electron chi connectivity index (χ0n) is 6.31. The van der Waals surface area contributed by atoms with Gasteiger partial charge in [-0.3, -0.25) is 4.79 Å². The Hall–Kier alpha value is -0.590. The van der Waals surface area contributed by atoms with Crippen LogP contribution in [0.2, 0.25) is 0 Å². The number of allylic oxidation sites excluding steroid dienone is 1. The molecule has 1 rings (SSSR count). The van der Waals surface area contributed by atoms with Crippen molar-refractivity contribution in [2.24, 2.45) is 5.92 Å². The summed E-state index contributed by atoms with van der Waals surface area (Å²) in [6.07, 6.45) is 6.97. The van der Waals surface area contributed by atoms with Gasteiger partial charge in [-0.25, -0.2) is 0 Å². The standard InChI is InChI=1S/C9H14O/c1-2-3-5-8-6-4-7-9(8)10/h2,8H,1,3-7H2. The van der Waals surface area contributed by atoms with Gasteiger partial charge >= 0.3 is 0 Å². The molecule has 0 aliphatic heterocycles. The smallest absolute Gasteiger partial charge is 0.135 e.